The molecule has 3 N–H and O–H groups in total. The molecule has 0 radical (unpaired) electrons. The molecule has 0 aliphatic carbocycles. The van der Waals surface area contributed by atoms with Crippen LogP contribution in [0.5, 0.6) is 0 Å². The highest BCUT2D eigenvalue weighted by Gasteiger charge is 2.09. The van der Waals surface area contributed by atoms with Crippen LogP contribution >= 0.6 is 24.0 Å². The summed E-state index contributed by atoms with van der Waals surface area (Å²) in [5, 5.41) is 18.3. The summed E-state index contributed by atoms with van der Waals surface area (Å²) in [5.74, 6) is 0.295. The lowest BCUT2D eigenvalue weighted by Crippen LogP contribution is -2.38. The molecule has 1 atom stereocenters. The molecule has 0 aliphatic rings. The molecule has 0 heterocycles. The summed E-state index contributed by atoms with van der Waals surface area (Å²) < 4.78 is 13.5. The van der Waals surface area contributed by atoms with Crippen LogP contribution in [0, 0.1) is 5.82 Å². The molecular formula is C23H27FIN3O. The Labute approximate surface area is 188 Å². The van der Waals surface area contributed by atoms with Gasteiger partial charge in [-0.3, -0.25) is 0 Å². The van der Waals surface area contributed by atoms with E-state index in [1.54, 1.807) is 12.1 Å². The fourth-order valence-corrected chi connectivity index (χ4v) is 3.10. The first-order valence-electron chi connectivity index (χ1n) is 9.52. The summed E-state index contributed by atoms with van der Waals surface area (Å²) in [6.07, 6.45) is 0. The van der Waals surface area contributed by atoms with Crippen molar-refractivity contribution in [2.75, 3.05) is 6.54 Å². The number of nitrogens with zero attached hydrogens (tertiary/aromatic N) is 1. The molecule has 0 fully saturated rings. The summed E-state index contributed by atoms with van der Waals surface area (Å²) in [4.78, 5) is 4.61. The van der Waals surface area contributed by atoms with Crippen LogP contribution in [0.3, 0.4) is 0 Å². The second-order valence-corrected chi connectivity index (χ2v) is 6.75. The van der Waals surface area contributed by atoms with E-state index < -0.39 is 5.82 Å². The monoisotopic (exact) mass is 507 g/mol. The summed E-state index contributed by atoms with van der Waals surface area (Å²) in [5.41, 5.74) is 2.31. The standard InChI is InChI=1S/C23H26FN3O.HI/c1-3-25-23(26-14-17-8-11-22(24)21(12-17)15-28)27-16(2)19-10-9-18-6-4-5-7-20(18)13-19;/h4-13,16,28H,3,14-15H2,1-2H3,(H2,25,26,27);1H. The van der Waals surface area contributed by atoms with Gasteiger partial charge >= 0.3 is 0 Å². The van der Waals surface area contributed by atoms with Gasteiger partial charge in [0.1, 0.15) is 5.82 Å². The number of nitrogens with one attached hydrogen (secondary N) is 2. The van der Waals surface area contributed by atoms with Crippen LogP contribution in [-0.4, -0.2) is 17.6 Å². The highest BCUT2D eigenvalue weighted by molar-refractivity contribution is 14.0. The van der Waals surface area contributed by atoms with Crippen LogP contribution in [0.4, 0.5) is 4.39 Å². The SMILES string of the molecule is CCNC(=NCc1ccc(F)c(CO)c1)NC(C)c1ccc2ccccc2c1.I. The fourth-order valence-electron chi connectivity index (χ4n) is 3.10. The zero-order valence-corrected chi connectivity index (χ0v) is 19.0. The molecule has 3 aromatic rings. The maximum atomic E-state index is 13.5. The molecule has 0 amide bonds. The Kier molecular flexibility index (Phi) is 8.85. The molecule has 0 spiro atoms. The number of aliphatic hydroxyl groups excluding tert-OH is 1. The van der Waals surface area contributed by atoms with Gasteiger partial charge in [0.15, 0.2) is 5.96 Å². The van der Waals surface area contributed by atoms with E-state index >= 15 is 0 Å². The van der Waals surface area contributed by atoms with Crippen LogP contribution < -0.4 is 10.6 Å². The topological polar surface area (TPSA) is 56.7 Å². The van der Waals surface area contributed by atoms with Gasteiger partial charge in [-0.05, 0) is 53.9 Å². The first kappa shape index (κ1) is 23.1. The van der Waals surface area contributed by atoms with E-state index in [2.05, 4.69) is 52.9 Å². The van der Waals surface area contributed by atoms with Crippen LogP contribution in [0.1, 0.15) is 36.6 Å². The van der Waals surface area contributed by atoms with E-state index in [-0.39, 0.29) is 42.2 Å². The molecule has 3 rings (SSSR count). The minimum absolute atomic E-state index is 0. The van der Waals surface area contributed by atoms with Gasteiger partial charge in [-0.1, -0.05) is 42.5 Å². The Bertz CT molecular complexity index is 977. The number of hydrogen-bond acceptors (Lipinski definition) is 2. The number of rotatable bonds is 6. The molecule has 0 aliphatic heterocycles. The van der Waals surface area contributed by atoms with Crippen molar-refractivity contribution in [3.63, 3.8) is 0 Å². The zero-order valence-electron chi connectivity index (χ0n) is 16.7. The van der Waals surface area contributed by atoms with Gasteiger partial charge < -0.3 is 15.7 Å². The number of benzene rings is 3. The lowest BCUT2D eigenvalue weighted by Gasteiger charge is -2.19. The first-order valence-corrected chi connectivity index (χ1v) is 9.52. The lowest BCUT2D eigenvalue weighted by atomic mass is 10.0. The molecule has 0 saturated heterocycles. The maximum absolute atomic E-state index is 13.5. The highest BCUT2D eigenvalue weighted by atomic mass is 127. The predicted molar refractivity (Wildman–Crippen MR) is 128 cm³/mol. The maximum Gasteiger partial charge on any atom is 0.192 e. The average molecular weight is 507 g/mol. The second kappa shape index (κ2) is 11.1. The van der Waals surface area contributed by atoms with Crippen molar-refractivity contribution >= 4 is 40.7 Å². The van der Waals surface area contributed by atoms with Crippen molar-refractivity contribution in [3.8, 4) is 0 Å². The number of fused-ring (bicyclic) bond motifs is 1. The van der Waals surface area contributed by atoms with Crippen molar-refractivity contribution < 1.29 is 9.50 Å². The largest absolute Gasteiger partial charge is 0.392 e. The van der Waals surface area contributed by atoms with E-state index in [1.165, 1.54) is 22.4 Å². The Morgan fingerprint density at radius 1 is 1.07 bits per heavy atom. The van der Waals surface area contributed by atoms with Crippen molar-refractivity contribution in [1.29, 1.82) is 0 Å². The van der Waals surface area contributed by atoms with Gasteiger partial charge in [0, 0.05) is 12.1 Å². The minimum Gasteiger partial charge on any atom is -0.392 e. The molecule has 0 bridgehead atoms. The van der Waals surface area contributed by atoms with Crippen LogP contribution in [0.15, 0.2) is 65.7 Å². The van der Waals surface area contributed by atoms with Crippen molar-refractivity contribution in [1.82, 2.24) is 10.6 Å². The Morgan fingerprint density at radius 3 is 2.55 bits per heavy atom. The zero-order chi connectivity index (χ0) is 19.9. The van der Waals surface area contributed by atoms with E-state index in [4.69, 9.17) is 0 Å². The van der Waals surface area contributed by atoms with E-state index in [0.717, 1.165) is 12.1 Å². The quantitative estimate of drug-likeness (QED) is 0.253. The van der Waals surface area contributed by atoms with Gasteiger partial charge in [-0.25, -0.2) is 9.38 Å². The summed E-state index contributed by atoms with van der Waals surface area (Å²) in [6, 6.07) is 19.5. The third-order valence-corrected chi connectivity index (χ3v) is 4.67. The van der Waals surface area contributed by atoms with Crippen LogP contribution in [-0.2, 0) is 13.2 Å². The number of halogens is 2. The first-order chi connectivity index (χ1) is 13.6. The predicted octanol–water partition coefficient (Wildman–Crippen LogP) is 4.91. The fraction of sp³-hybridized carbons (Fsp3) is 0.261. The van der Waals surface area contributed by atoms with Gasteiger partial charge in [0.25, 0.3) is 0 Å². The van der Waals surface area contributed by atoms with Gasteiger partial charge in [-0.2, -0.15) is 0 Å². The second-order valence-electron chi connectivity index (χ2n) is 6.75. The smallest absolute Gasteiger partial charge is 0.192 e. The Morgan fingerprint density at radius 2 is 1.83 bits per heavy atom. The lowest BCUT2D eigenvalue weighted by molar-refractivity contribution is 0.275. The summed E-state index contributed by atoms with van der Waals surface area (Å²) in [6.45, 7) is 4.92. The number of hydrogen-bond donors (Lipinski definition) is 3. The van der Waals surface area contributed by atoms with Crippen LogP contribution in [0.25, 0.3) is 10.8 Å². The molecule has 4 nitrogen and oxygen atoms in total. The molecule has 6 heteroatoms. The summed E-state index contributed by atoms with van der Waals surface area (Å²) >= 11 is 0. The van der Waals surface area contributed by atoms with Crippen molar-refractivity contribution in [2.45, 2.75) is 33.0 Å². The number of guanidine groups is 1. The Hall–Kier alpha value is -2.19. The van der Waals surface area contributed by atoms with Crippen molar-refractivity contribution in [3.05, 3.63) is 83.2 Å². The highest BCUT2D eigenvalue weighted by Crippen LogP contribution is 2.20. The average Bonchev–Trinajstić information content (AvgIpc) is 2.72. The molecular weight excluding hydrogens is 480 g/mol. The van der Waals surface area contributed by atoms with Gasteiger partial charge in [0.05, 0.1) is 19.2 Å². The molecule has 1 unspecified atom stereocenters. The van der Waals surface area contributed by atoms with E-state index in [9.17, 15) is 9.50 Å². The molecule has 0 saturated carbocycles. The molecule has 0 aromatic heterocycles. The number of aliphatic hydroxyl groups is 1. The van der Waals surface area contributed by atoms with Gasteiger partial charge in [-0.15, -0.1) is 24.0 Å². The Balaban J connectivity index is 0.00000300. The third-order valence-electron chi connectivity index (χ3n) is 4.67. The normalized spacial score (nSPS) is 12.3. The molecule has 29 heavy (non-hydrogen) atoms. The van der Waals surface area contributed by atoms with Gasteiger partial charge in [0.2, 0.25) is 0 Å². The molecule has 154 valence electrons. The van der Waals surface area contributed by atoms with E-state index in [1.807, 2.05) is 19.1 Å². The third kappa shape index (κ3) is 6.14. The number of aliphatic imine (C=N–C) groups is 1. The van der Waals surface area contributed by atoms with Crippen LogP contribution in [0.2, 0.25) is 0 Å². The molecule has 3 aromatic carbocycles. The minimum atomic E-state index is -0.398. The van der Waals surface area contributed by atoms with Crippen molar-refractivity contribution in [2.24, 2.45) is 4.99 Å². The van der Waals surface area contributed by atoms with E-state index in [0.29, 0.717) is 12.5 Å². The summed E-state index contributed by atoms with van der Waals surface area (Å²) in [7, 11) is 0.